The summed E-state index contributed by atoms with van der Waals surface area (Å²) in [7, 11) is 0. The van der Waals surface area contributed by atoms with Gasteiger partial charge in [0.25, 0.3) is 0 Å². The van der Waals surface area contributed by atoms with Crippen LogP contribution in [-0.2, 0) is 9.59 Å². The SMILES string of the molecule is Cc1cc(C)c2c(-c3ccccc3)nc(SCC(=O)N3CCCC(C(N)=O)C3)n2n1. The Hall–Kier alpha value is -2.87. The number of primary amides is 1. The predicted octanol–water partition coefficient (Wildman–Crippen LogP) is 2.83. The van der Waals surface area contributed by atoms with Gasteiger partial charge in [0.1, 0.15) is 0 Å². The molecule has 0 saturated carbocycles. The van der Waals surface area contributed by atoms with Crippen LogP contribution in [0.3, 0.4) is 0 Å². The summed E-state index contributed by atoms with van der Waals surface area (Å²) in [5.74, 6) is -0.347. The largest absolute Gasteiger partial charge is 0.369 e. The number of amides is 2. The molecule has 1 fully saturated rings. The molecule has 4 rings (SSSR count). The molecule has 1 aromatic carbocycles. The van der Waals surface area contributed by atoms with Crippen LogP contribution in [0.5, 0.6) is 0 Å². The topological polar surface area (TPSA) is 93.6 Å². The van der Waals surface area contributed by atoms with E-state index in [0.29, 0.717) is 18.2 Å². The number of aryl methyl sites for hydroxylation is 2. The number of piperidine rings is 1. The van der Waals surface area contributed by atoms with E-state index in [-0.39, 0.29) is 23.5 Å². The number of rotatable bonds is 5. The standard InChI is InChI=1S/C22H25N5O2S/c1-14-11-15(2)25-27-20(14)19(16-7-4-3-5-8-16)24-22(27)30-13-18(28)26-10-6-9-17(12-26)21(23)29/h3-5,7-8,11,17H,6,9-10,12-13H2,1-2H3,(H2,23,29). The van der Waals surface area contributed by atoms with Gasteiger partial charge in [0, 0.05) is 18.7 Å². The van der Waals surface area contributed by atoms with Crippen molar-refractivity contribution in [3.05, 3.63) is 47.7 Å². The number of carbonyl (C=O) groups is 2. The summed E-state index contributed by atoms with van der Waals surface area (Å²) in [6, 6.07) is 12.0. The lowest BCUT2D eigenvalue weighted by molar-refractivity contribution is -0.132. The van der Waals surface area contributed by atoms with Crippen LogP contribution in [0.25, 0.3) is 16.8 Å². The van der Waals surface area contributed by atoms with E-state index >= 15 is 0 Å². The van der Waals surface area contributed by atoms with E-state index in [1.165, 1.54) is 11.8 Å². The van der Waals surface area contributed by atoms with Gasteiger partial charge in [-0.3, -0.25) is 9.59 Å². The molecule has 0 spiro atoms. The summed E-state index contributed by atoms with van der Waals surface area (Å²) in [6.45, 7) is 5.07. The molecule has 0 aliphatic carbocycles. The first-order valence-corrected chi connectivity index (χ1v) is 11.0. The molecule has 156 valence electrons. The Morgan fingerprint density at radius 2 is 2.00 bits per heavy atom. The predicted molar refractivity (Wildman–Crippen MR) is 117 cm³/mol. The van der Waals surface area contributed by atoms with Crippen molar-refractivity contribution in [3.63, 3.8) is 0 Å². The van der Waals surface area contributed by atoms with Crippen LogP contribution in [0, 0.1) is 19.8 Å². The molecule has 1 aliphatic rings. The number of benzene rings is 1. The molecule has 1 aliphatic heterocycles. The highest BCUT2D eigenvalue weighted by molar-refractivity contribution is 7.99. The molecule has 7 nitrogen and oxygen atoms in total. The number of likely N-dealkylation sites (tertiary alicyclic amines) is 1. The summed E-state index contributed by atoms with van der Waals surface area (Å²) in [5.41, 5.74) is 10.3. The van der Waals surface area contributed by atoms with Crippen molar-refractivity contribution in [2.75, 3.05) is 18.8 Å². The van der Waals surface area contributed by atoms with E-state index in [1.807, 2.05) is 47.8 Å². The van der Waals surface area contributed by atoms with E-state index in [2.05, 4.69) is 12.0 Å². The molecule has 1 atom stereocenters. The Balaban J connectivity index is 1.60. The average molecular weight is 424 g/mol. The van der Waals surface area contributed by atoms with Crippen LogP contribution >= 0.6 is 11.8 Å². The highest BCUT2D eigenvalue weighted by Crippen LogP contribution is 2.31. The molecule has 30 heavy (non-hydrogen) atoms. The average Bonchev–Trinajstić information content (AvgIpc) is 3.11. The van der Waals surface area contributed by atoms with Crippen LogP contribution in [0.4, 0.5) is 0 Å². The first kappa shape index (κ1) is 20.4. The number of fused-ring (bicyclic) bond motifs is 1. The summed E-state index contributed by atoms with van der Waals surface area (Å²) < 4.78 is 1.84. The van der Waals surface area contributed by atoms with Crippen LogP contribution in [-0.4, -0.2) is 50.2 Å². The molecule has 3 heterocycles. The second kappa shape index (κ2) is 8.47. The number of carbonyl (C=O) groups excluding carboxylic acids is 2. The van der Waals surface area contributed by atoms with Gasteiger partial charge in [-0.1, -0.05) is 42.1 Å². The van der Waals surface area contributed by atoms with Gasteiger partial charge in [0.05, 0.1) is 28.6 Å². The number of hydrogen-bond acceptors (Lipinski definition) is 5. The van der Waals surface area contributed by atoms with Gasteiger partial charge in [-0.2, -0.15) is 5.10 Å². The Morgan fingerprint density at radius 1 is 1.23 bits per heavy atom. The number of nitrogens with zero attached hydrogens (tertiary/aromatic N) is 4. The highest BCUT2D eigenvalue weighted by Gasteiger charge is 2.27. The number of aromatic nitrogens is 3. The number of nitrogens with two attached hydrogens (primary N) is 1. The van der Waals surface area contributed by atoms with E-state index in [0.717, 1.165) is 40.9 Å². The summed E-state index contributed by atoms with van der Waals surface area (Å²) in [6.07, 6.45) is 1.55. The number of hydrogen-bond donors (Lipinski definition) is 1. The fourth-order valence-electron chi connectivity index (χ4n) is 3.95. The Bertz CT molecular complexity index is 1100. The molecular formula is C22H25N5O2S. The fourth-order valence-corrected chi connectivity index (χ4v) is 4.80. The summed E-state index contributed by atoms with van der Waals surface area (Å²) in [4.78, 5) is 30.9. The van der Waals surface area contributed by atoms with Gasteiger partial charge in [-0.15, -0.1) is 0 Å². The Labute approximate surface area is 179 Å². The monoisotopic (exact) mass is 423 g/mol. The first-order chi connectivity index (χ1) is 14.4. The van der Waals surface area contributed by atoms with Gasteiger partial charge in [0.2, 0.25) is 11.8 Å². The minimum absolute atomic E-state index is 0.00617. The molecular weight excluding hydrogens is 398 g/mol. The lowest BCUT2D eigenvalue weighted by atomic mass is 9.97. The molecule has 0 bridgehead atoms. The van der Waals surface area contributed by atoms with Crippen molar-refractivity contribution in [1.82, 2.24) is 19.5 Å². The van der Waals surface area contributed by atoms with E-state index < -0.39 is 0 Å². The zero-order valence-electron chi connectivity index (χ0n) is 17.2. The second-order valence-corrected chi connectivity index (χ2v) is 8.65. The lowest BCUT2D eigenvalue weighted by Gasteiger charge is -2.31. The van der Waals surface area contributed by atoms with Gasteiger partial charge < -0.3 is 10.6 Å². The number of thioether (sulfide) groups is 1. The van der Waals surface area contributed by atoms with E-state index in [1.54, 1.807) is 4.90 Å². The van der Waals surface area contributed by atoms with Gasteiger partial charge in [-0.05, 0) is 38.3 Å². The maximum atomic E-state index is 12.8. The fraction of sp³-hybridized carbons (Fsp3) is 0.364. The zero-order chi connectivity index (χ0) is 21.3. The Morgan fingerprint density at radius 3 is 2.73 bits per heavy atom. The molecule has 0 radical (unpaired) electrons. The van der Waals surface area contributed by atoms with Crippen molar-refractivity contribution in [3.8, 4) is 11.3 Å². The van der Waals surface area contributed by atoms with Gasteiger partial charge in [0.15, 0.2) is 5.16 Å². The van der Waals surface area contributed by atoms with Crippen LogP contribution < -0.4 is 5.73 Å². The molecule has 2 aromatic heterocycles. The van der Waals surface area contributed by atoms with E-state index in [9.17, 15) is 9.59 Å². The quantitative estimate of drug-likeness (QED) is 0.637. The van der Waals surface area contributed by atoms with Crippen molar-refractivity contribution in [2.45, 2.75) is 31.8 Å². The normalized spacial score (nSPS) is 16.7. The third-order valence-corrected chi connectivity index (χ3v) is 6.34. The summed E-state index contributed by atoms with van der Waals surface area (Å²) >= 11 is 1.38. The minimum atomic E-state index is -0.331. The maximum absolute atomic E-state index is 12.8. The zero-order valence-corrected chi connectivity index (χ0v) is 18.0. The third-order valence-electron chi connectivity index (χ3n) is 5.43. The lowest BCUT2D eigenvalue weighted by Crippen LogP contribution is -2.44. The van der Waals surface area contributed by atoms with Crippen molar-refractivity contribution >= 4 is 29.1 Å². The van der Waals surface area contributed by atoms with Crippen molar-refractivity contribution in [1.29, 1.82) is 0 Å². The van der Waals surface area contributed by atoms with E-state index in [4.69, 9.17) is 10.7 Å². The van der Waals surface area contributed by atoms with Crippen LogP contribution in [0.2, 0.25) is 0 Å². The van der Waals surface area contributed by atoms with Crippen LogP contribution in [0.1, 0.15) is 24.1 Å². The second-order valence-electron chi connectivity index (χ2n) is 7.71. The smallest absolute Gasteiger partial charge is 0.233 e. The van der Waals surface area contributed by atoms with Gasteiger partial charge >= 0.3 is 0 Å². The molecule has 1 saturated heterocycles. The first-order valence-electron chi connectivity index (χ1n) is 10.1. The van der Waals surface area contributed by atoms with Crippen molar-refractivity contribution in [2.24, 2.45) is 11.7 Å². The van der Waals surface area contributed by atoms with Gasteiger partial charge in [-0.25, -0.2) is 9.50 Å². The summed E-state index contributed by atoms with van der Waals surface area (Å²) in [5, 5.41) is 5.34. The molecule has 2 N–H and O–H groups in total. The third kappa shape index (κ3) is 4.05. The molecule has 2 amide bonds. The molecule has 3 aromatic rings. The van der Waals surface area contributed by atoms with Crippen molar-refractivity contribution < 1.29 is 9.59 Å². The highest BCUT2D eigenvalue weighted by atomic mass is 32.2. The van der Waals surface area contributed by atoms with Crippen LogP contribution in [0.15, 0.2) is 41.6 Å². The Kier molecular flexibility index (Phi) is 5.76. The maximum Gasteiger partial charge on any atom is 0.233 e. The minimum Gasteiger partial charge on any atom is -0.369 e. The molecule has 8 heteroatoms. The molecule has 1 unspecified atom stereocenters. The number of imidazole rings is 1.